The molecule has 0 bridgehead atoms. The number of hydrogen-bond donors (Lipinski definition) is 2. The summed E-state index contributed by atoms with van der Waals surface area (Å²) < 4.78 is 0. The number of H-pyrrole nitrogens is 1. The Labute approximate surface area is 134 Å². The number of rotatable bonds is 3. The number of nitrogens with one attached hydrogen (secondary N) is 2. The van der Waals surface area contributed by atoms with Crippen LogP contribution in [0.1, 0.15) is 19.8 Å². The molecule has 23 heavy (non-hydrogen) atoms. The lowest BCUT2D eigenvalue weighted by atomic mass is 9.92. The van der Waals surface area contributed by atoms with Gasteiger partial charge in [-0.3, -0.25) is 4.79 Å². The van der Waals surface area contributed by atoms with E-state index in [0.29, 0.717) is 12.5 Å². The second-order valence-corrected chi connectivity index (χ2v) is 6.07. The van der Waals surface area contributed by atoms with Crippen molar-refractivity contribution in [3.63, 3.8) is 0 Å². The van der Waals surface area contributed by atoms with Gasteiger partial charge in [0.15, 0.2) is 6.42 Å². The standard InChI is InChI=1S/C16H20N6O/c1-11-5-8-22(14(23)3-6-17)9-13(11)21(2)16-12-4-7-18-15(12)19-10-20-16/h4,7,10-11,13H,3,5,8-9H2,1-2H3,(H,18,19,20)/p+1/t11-,13+/m1/s1. The quantitative estimate of drug-likeness (QED) is 0.821. The molecule has 0 radical (unpaired) electrons. The molecule has 120 valence electrons. The molecule has 3 heterocycles. The fourth-order valence-corrected chi connectivity index (χ4v) is 3.26. The van der Waals surface area contributed by atoms with E-state index in [4.69, 9.17) is 5.26 Å². The highest BCUT2D eigenvalue weighted by atomic mass is 16.2. The van der Waals surface area contributed by atoms with Gasteiger partial charge < -0.3 is 14.8 Å². The monoisotopic (exact) mass is 313 g/mol. The van der Waals surface area contributed by atoms with Crippen molar-refractivity contribution in [1.29, 1.82) is 0 Å². The molecule has 2 N–H and O–H groups in total. The molecule has 7 nitrogen and oxygen atoms in total. The van der Waals surface area contributed by atoms with Crippen molar-refractivity contribution in [1.82, 2.24) is 19.9 Å². The van der Waals surface area contributed by atoms with E-state index in [0.717, 1.165) is 29.8 Å². The van der Waals surface area contributed by atoms with E-state index in [1.807, 2.05) is 24.2 Å². The van der Waals surface area contributed by atoms with Crippen LogP contribution in [0.15, 0.2) is 18.6 Å². The number of aromatic amines is 1. The number of anilines is 1. The van der Waals surface area contributed by atoms with Crippen LogP contribution in [0, 0.1) is 12.0 Å². The van der Waals surface area contributed by atoms with Crippen molar-refractivity contribution < 1.29 is 10.1 Å². The highest BCUT2D eigenvalue weighted by Crippen LogP contribution is 2.28. The fraction of sp³-hybridized carbons (Fsp3) is 0.500. The Morgan fingerprint density at radius 1 is 1.57 bits per heavy atom. The SMILES string of the molecule is C[C@@H]1CCN(C(=O)CC#[NH+])C[C@@H]1N(C)c1ncnc2[nH]ccc12. The smallest absolute Gasteiger partial charge is 0.280 e. The molecular formula is C16H21N6O+. The number of likely N-dealkylation sites (tertiary alicyclic amines) is 1. The maximum Gasteiger partial charge on any atom is 0.280 e. The third kappa shape index (κ3) is 2.84. The van der Waals surface area contributed by atoms with Crippen LogP contribution in [0.5, 0.6) is 0 Å². The first-order chi connectivity index (χ1) is 11.1. The molecule has 7 heteroatoms. The maximum absolute atomic E-state index is 12.1. The van der Waals surface area contributed by atoms with Gasteiger partial charge in [0, 0.05) is 26.3 Å². The van der Waals surface area contributed by atoms with Gasteiger partial charge in [-0.15, -0.1) is 5.26 Å². The molecule has 0 spiro atoms. The van der Waals surface area contributed by atoms with Gasteiger partial charge in [-0.1, -0.05) is 6.92 Å². The van der Waals surface area contributed by atoms with Gasteiger partial charge in [0.2, 0.25) is 5.91 Å². The maximum atomic E-state index is 12.1. The Balaban J connectivity index is 1.85. The number of carbonyl (C=O) groups excluding carboxylic acids is 1. The molecule has 1 fully saturated rings. The first-order valence-corrected chi connectivity index (χ1v) is 7.80. The first-order valence-electron chi connectivity index (χ1n) is 7.80. The zero-order valence-electron chi connectivity index (χ0n) is 13.4. The lowest BCUT2D eigenvalue weighted by molar-refractivity contribution is -0.134. The van der Waals surface area contributed by atoms with Crippen molar-refractivity contribution in [2.75, 3.05) is 25.0 Å². The summed E-state index contributed by atoms with van der Waals surface area (Å²) in [6, 6.07) is 4.35. The second-order valence-electron chi connectivity index (χ2n) is 6.07. The van der Waals surface area contributed by atoms with Crippen LogP contribution in [-0.2, 0) is 4.79 Å². The number of carbonyl (C=O) groups is 1. The minimum absolute atomic E-state index is 0.0280. The van der Waals surface area contributed by atoms with Crippen molar-refractivity contribution in [2.45, 2.75) is 25.8 Å². The Bertz CT molecular complexity index is 748. The summed E-state index contributed by atoms with van der Waals surface area (Å²) in [5.41, 5.74) is 0.816. The van der Waals surface area contributed by atoms with Crippen LogP contribution in [0.2, 0.25) is 0 Å². The lowest BCUT2D eigenvalue weighted by Crippen LogP contribution is -2.53. The summed E-state index contributed by atoms with van der Waals surface area (Å²) in [4.78, 5) is 27.8. The van der Waals surface area contributed by atoms with Crippen LogP contribution in [-0.4, -0.2) is 51.9 Å². The minimum atomic E-state index is -0.0280. The molecule has 1 amide bonds. The van der Waals surface area contributed by atoms with E-state index in [9.17, 15) is 4.79 Å². The molecule has 1 aliphatic rings. The molecule has 1 saturated heterocycles. The van der Waals surface area contributed by atoms with Crippen molar-refractivity contribution in [2.24, 2.45) is 5.92 Å². The highest BCUT2D eigenvalue weighted by Gasteiger charge is 2.32. The van der Waals surface area contributed by atoms with E-state index in [1.54, 1.807) is 6.33 Å². The Kier molecular flexibility index (Phi) is 4.15. The van der Waals surface area contributed by atoms with Crippen LogP contribution in [0.3, 0.4) is 0 Å². The minimum Gasteiger partial charge on any atom is -0.354 e. The summed E-state index contributed by atoms with van der Waals surface area (Å²) >= 11 is 0. The van der Waals surface area contributed by atoms with Crippen molar-refractivity contribution in [3.05, 3.63) is 18.6 Å². The van der Waals surface area contributed by atoms with Gasteiger partial charge in [-0.05, 0) is 18.4 Å². The average molecular weight is 313 g/mol. The van der Waals surface area contributed by atoms with Crippen LogP contribution < -0.4 is 10.2 Å². The summed E-state index contributed by atoms with van der Waals surface area (Å²) in [5, 5.41) is 7.99. The molecular weight excluding hydrogens is 292 g/mol. The molecule has 0 aromatic carbocycles. The molecule has 0 aliphatic carbocycles. The van der Waals surface area contributed by atoms with Crippen LogP contribution in [0.25, 0.3) is 11.0 Å². The number of aromatic nitrogens is 3. The van der Waals surface area contributed by atoms with Gasteiger partial charge in [-0.25, -0.2) is 9.97 Å². The van der Waals surface area contributed by atoms with Crippen LogP contribution >= 0.6 is 0 Å². The zero-order valence-corrected chi connectivity index (χ0v) is 13.4. The second kappa shape index (κ2) is 6.24. The predicted octanol–water partition coefficient (Wildman–Crippen LogP) is -0.206. The summed E-state index contributed by atoms with van der Waals surface area (Å²) in [5.74, 6) is 1.30. The number of hydrogen-bond acceptors (Lipinski definition) is 4. The normalized spacial score (nSPS) is 21.2. The van der Waals surface area contributed by atoms with Gasteiger partial charge in [0.05, 0.1) is 11.4 Å². The van der Waals surface area contributed by atoms with E-state index < -0.39 is 0 Å². The van der Waals surface area contributed by atoms with Gasteiger partial charge in [0.25, 0.3) is 6.07 Å². The number of amides is 1. The van der Waals surface area contributed by atoms with Crippen molar-refractivity contribution >= 4 is 22.8 Å². The molecule has 2 aromatic rings. The fourth-order valence-electron chi connectivity index (χ4n) is 3.26. The number of nitrogens with zero attached hydrogens (tertiary/aromatic N) is 4. The number of fused-ring (bicyclic) bond motifs is 1. The number of likely N-dealkylation sites (N-methyl/N-ethyl adjacent to an activating group) is 1. The molecule has 1 aliphatic heterocycles. The molecule has 2 aromatic heterocycles. The lowest BCUT2D eigenvalue weighted by Gasteiger charge is -2.42. The molecule has 0 unspecified atom stereocenters. The third-order valence-electron chi connectivity index (χ3n) is 4.68. The van der Waals surface area contributed by atoms with E-state index in [-0.39, 0.29) is 18.4 Å². The third-order valence-corrected chi connectivity index (χ3v) is 4.68. The topological polar surface area (TPSA) is 88.9 Å². The first kappa shape index (κ1) is 15.3. The van der Waals surface area contributed by atoms with Gasteiger partial charge >= 0.3 is 0 Å². The average Bonchev–Trinajstić information content (AvgIpc) is 3.03. The molecule has 2 atom stereocenters. The van der Waals surface area contributed by atoms with E-state index in [2.05, 4.69) is 32.8 Å². The summed E-state index contributed by atoms with van der Waals surface area (Å²) in [6.07, 6.45) is 4.42. The largest absolute Gasteiger partial charge is 0.354 e. The highest BCUT2D eigenvalue weighted by molar-refractivity contribution is 5.87. The van der Waals surface area contributed by atoms with Crippen molar-refractivity contribution in [3.8, 4) is 6.07 Å². The summed E-state index contributed by atoms with van der Waals surface area (Å²) in [6.45, 7) is 3.60. The predicted molar refractivity (Wildman–Crippen MR) is 85.9 cm³/mol. The molecule has 3 rings (SSSR count). The number of piperidine rings is 1. The zero-order chi connectivity index (χ0) is 16.4. The van der Waals surface area contributed by atoms with E-state index in [1.165, 1.54) is 0 Å². The summed E-state index contributed by atoms with van der Waals surface area (Å²) in [7, 11) is 2.02. The Morgan fingerprint density at radius 2 is 2.39 bits per heavy atom. The Morgan fingerprint density at radius 3 is 3.17 bits per heavy atom. The van der Waals surface area contributed by atoms with Crippen LogP contribution in [0.4, 0.5) is 5.82 Å². The van der Waals surface area contributed by atoms with E-state index >= 15 is 0 Å². The van der Waals surface area contributed by atoms with Gasteiger partial charge in [-0.2, -0.15) is 0 Å². The van der Waals surface area contributed by atoms with Gasteiger partial charge in [0.1, 0.15) is 17.8 Å². The Hall–Kier alpha value is -2.62. The molecule has 0 saturated carbocycles.